The van der Waals surface area contributed by atoms with Crippen LogP contribution in [0.25, 0.3) is 5.69 Å². The lowest BCUT2D eigenvalue weighted by atomic mass is 10.2. The smallest absolute Gasteiger partial charge is 0.239 e. The third kappa shape index (κ3) is 5.98. The lowest BCUT2D eigenvalue weighted by molar-refractivity contribution is -0.119. The molecule has 2 N–H and O–H groups in total. The molecule has 30 heavy (non-hydrogen) atoms. The number of nitrogens with zero attached hydrogens (tertiary/aromatic N) is 4. The molecule has 0 saturated carbocycles. The SMILES string of the molecule is Cc1ccc(-n2nc(C)cc2NC(=O)CN(C)CC(=O)Nc2ccc(Br)cn2)cc1. The number of aryl methyl sites for hydroxylation is 2. The van der Waals surface area contributed by atoms with E-state index in [0.29, 0.717) is 11.6 Å². The van der Waals surface area contributed by atoms with Gasteiger partial charge in [-0.15, -0.1) is 0 Å². The van der Waals surface area contributed by atoms with Gasteiger partial charge in [0.05, 0.1) is 24.5 Å². The summed E-state index contributed by atoms with van der Waals surface area (Å²) in [5.41, 5.74) is 2.80. The quantitative estimate of drug-likeness (QED) is 0.553. The first-order chi connectivity index (χ1) is 14.3. The van der Waals surface area contributed by atoms with Crippen LogP contribution in [0.2, 0.25) is 0 Å². The molecule has 2 amide bonds. The number of likely N-dealkylation sites (N-methyl/N-ethyl adjacent to an activating group) is 1. The van der Waals surface area contributed by atoms with Crippen molar-refractivity contribution in [2.24, 2.45) is 0 Å². The fraction of sp³-hybridized carbons (Fsp3) is 0.238. The normalized spacial score (nSPS) is 10.8. The van der Waals surface area contributed by atoms with Gasteiger partial charge >= 0.3 is 0 Å². The van der Waals surface area contributed by atoms with Gasteiger partial charge in [-0.3, -0.25) is 14.5 Å². The van der Waals surface area contributed by atoms with Gasteiger partial charge in [-0.2, -0.15) is 5.10 Å². The van der Waals surface area contributed by atoms with Crippen molar-refractivity contribution in [2.75, 3.05) is 30.8 Å². The Morgan fingerprint density at radius 2 is 1.70 bits per heavy atom. The predicted octanol–water partition coefficient (Wildman–Crippen LogP) is 3.16. The number of carbonyl (C=O) groups excluding carboxylic acids is 2. The van der Waals surface area contributed by atoms with Gasteiger partial charge in [-0.05, 0) is 61.1 Å². The Hall–Kier alpha value is -3.04. The molecule has 0 spiro atoms. The zero-order valence-electron chi connectivity index (χ0n) is 17.0. The molecule has 0 unspecified atom stereocenters. The minimum Gasteiger partial charge on any atom is -0.310 e. The molecule has 0 saturated heterocycles. The first-order valence-corrected chi connectivity index (χ1v) is 10.1. The van der Waals surface area contributed by atoms with Gasteiger partial charge in [0.2, 0.25) is 11.8 Å². The molecule has 0 aliphatic rings. The van der Waals surface area contributed by atoms with E-state index in [2.05, 4.69) is 36.6 Å². The number of hydrogen-bond acceptors (Lipinski definition) is 5. The van der Waals surface area contributed by atoms with Gasteiger partial charge in [0.25, 0.3) is 0 Å². The minimum atomic E-state index is -0.249. The molecule has 9 heteroatoms. The van der Waals surface area contributed by atoms with Crippen LogP contribution in [0.1, 0.15) is 11.3 Å². The van der Waals surface area contributed by atoms with Gasteiger partial charge in [-0.25, -0.2) is 9.67 Å². The summed E-state index contributed by atoms with van der Waals surface area (Å²) >= 11 is 3.30. The van der Waals surface area contributed by atoms with E-state index in [1.807, 2.05) is 44.2 Å². The van der Waals surface area contributed by atoms with Gasteiger partial charge in [0, 0.05) is 16.7 Å². The molecule has 156 valence electrons. The molecule has 0 radical (unpaired) electrons. The van der Waals surface area contributed by atoms with Gasteiger partial charge in [-0.1, -0.05) is 17.7 Å². The standard InChI is InChI=1S/C21H23BrN6O2/c1-14-4-7-17(8-5-14)28-19(10-15(2)26-28)25-21(30)13-27(3)12-20(29)24-18-9-6-16(22)11-23-18/h4-11H,12-13H2,1-3H3,(H,25,30)(H,23,24,29). The van der Waals surface area contributed by atoms with E-state index in [0.717, 1.165) is 21.4 Å². The summed E-state index contributed by atoms with van der Waals surface area (Å²) in [7, 11) is 1.71. The number of benzene rings is 1. The van der Waals surface area contributed by atoms with E-state index in [1.165, 1.54) is 0 Å². The summed E-state index contributed by atoms with van der Waals surface area (Å²) in [5, 5.41) is 10.0. The van der Waals surface area contributed by atoms with E-state index >= 15 is 0 Å². The van der Waals surface area contributed by atoms with Crippen LogP contribution in [-0.4, -0.2) is 51.6 Å². The fourth-order valence-electron chi connectivity index (χ4n) is 2.83. The first-order valence-electron chi connectivity index (χ1n) is 9.33. The summed E-state index contributed by atoms with van der Waals surface area (Å²) in [6, 6.07) is 13.2. The van der Waals surface area contributed by atoms with Crippen LogP contribution in [0.3, 0.4) is 0 Å². The third-order valence-corrected chi connectivity index (χ3v) is 4.67. The average Bonchev–Trinajstić information content (AvgIpc) is 3.03. The summed E-state index contributed by atoms with van der Waals surface area (Å²) in [6.07, 6.45) is 1.60. The maximum Gasteiger partial charge on any atom is 0.239 e. The number of hydrogen-bond donors (Lipinski definition) is 2. The Kier molecular flexibility index (Phi) is 6.96. The van der Waals surface area contributed by atoms with E-state index in [9.17, 15) is 9.59 Å². The van der Waals surface area contributed by atoms with Crippen molar-refractivity contribution in [3.8, 4) is 5.69 Å². The molecule has 2 heterocycles. The largest absolute Gasteiger partial charge is 0.310 e. The molecule has 0 bridgehead atoms. The maximum atomic E-state index is 12.5. The van der Waals surface area contributed by atoms with Gasteiger partial charge in [0.15, 0.2) is 0 Å². The molecule has 3 aromatic rings. The number of anilines is 2. The Bertz CT molecular complexity index is 1030. The second-order valence-electron chi connectivity index (χ2n) is 7.05. The van der Waals surface area contributed by atoms with Crippen LogP contribution in [0.4, 0.5) is 11.6 Å². The number of rotatable bonds is 7. The summed E-state index contributed by atoms with van der Waals surface area (Å²) in [5.74, 6) is 0.554. The van der Waals surface area contributed by atoms with Crippen LogP contribution in [0.5, 0.6) is 0 Å². The van der Waals surface area contributed by atoms with Crippen molar-refractivity contribution >= 4 is 39.4 Å². The van der Waals surface area contributed by atoms with Crippen molar-refractivity contribution < 1.29 is 9.59 Å². The molecular weight excluding hydrogens is 448 g/mol. The Labute approximate surface area is 183 Å². The van der Waals surface area contributed by atoms with Crippen molar-refractivity contribution in [3.05, 3.63) is 64.4 Å². The van der Waals surface area contributed by atoms with E-state index in [4.69, 9.17) is 0 Å². The lowest BCUT2D eigenvalue weighted by Crippen LogP contribution is -2.36. The molecule has 3 rings (SSSR count). The van der Waals surface area contributed by atoms with Crippen LogP contribution >= 0.6 is 15.9 Å². The van der Waals surface area contributed by atoms with Crippen LogP contribution in [-0.2, 0) is 9.59 Å². The molecule has 8 nitrogen and oxygen atoms in total. The maximum absolute atomic E-state index is 12.5. The zero-order valence-corrected chi connectivity index (χ0v) is 18.6. The second kappa shape index (κ2) is 9.64. The van der Waals surface area contributed by atoms with E-state index in [1.54, 1.807) is 35.0 Å². The second-order valence-corrected chi connectivity index (χ2v) is 7.96. The molecular formula is C21H23BrN6O2. The van der Waals surface area contributed by atoms with Gasteiger partial charge < -0.3 is 10.6 Å². The van der Waals surface area contributed by atoms with Crippen LogP contribution in [0, 0.1) is 13.8 Å². The Balaban J connectivity index is 1.57. The monoisotopic (exact) mass is 470 g/mol. The first kappa shape index (κ1) is 21.7. The molecule has 0 aliphatic heterocycles. The highest BCUT2D eigenvalue weighted by Crippen LogP contribution is 2.17. The van der Waals surface area contributed by atoms with Gasteiger partial charge in [0.1, 0.15) is 11.6 Å². The number of amides is 2. The number of nitrogens with one attached hydrogen (secondary N) is 2. The highest BCUT2D eigenvalue weighted by molar-refractivity contribution is 9.10. The number of aromatic nitrogens is 3. The zero-order chi connectivity index (χ0) is 21.7. The van der Waals surface area contributed by atoms with Crippen molar-refractivity contribution in [2.45, 2.75) is 13.8 Å². The van der Waals surface area contributed by atoms with E-state index in [-0.39, 0.29) is 24.9 Å². The van der Waals surface area contributed by atoms with Crippen molar-refractivity contribution in [3.63, 3.8) is 0 Å². The Morgan fingerprint density at radius 1 is 1.03 bits per heavy atom. The minimum absolute atomic E-state index is 0.0549. The summed E-state index contributed by atoms with van der Waals surface area (Å²) in [6.45, 7) is 3.99. The lowest BCUT2D eigenvalue weighted by Gasteiger charge is -2.16. The highest BCUT2D eigenvalue weighted by atomic mass is 79.9. The topological polar surface area (TPSA) is 92.2 Å². The average molecular weight is 471 g/mol. The fourth-order valence-corrected chi connectivity index (χ4v) is 3.07. The Morgan fingerprint density at radius 3 is 2.33 bits per heavy atom. The third-order valence-electron chi connectivity index (χ3n) is 4.20. The highest BCUT2D eigenvalue weighted by Gasteiger charge is 2.14. The van der Waals surface area contributed by atoms with Crippen molar-refractivity contribution in [1.29, 1.82) is 0 Å². The molecule has 1 aromatic carbocycles. The number of halogens is 1. The van der Waals surface area contributed by atoms with Crippen LogP contribution < -0.4 is 10.6 Å². The van der Waals surface area contributed by atoms with E-state index < -0.39 is 0 Å². The predicted molar refractivity (Wildman–Crippen MR) is 120 cm³/mol. The molecule has 0 atom stereocenters. The summed E-state index contributed by atoms with van der Waals surface area (Å²) in [4.78, 5) is 30.4. The molecule has 0 aliphatic carbocycles. The molecule has 2 aromatic heterocycles. The van der Waals surface area contributed by atoms with Crippen LogP contribution in [0.15, 0.2) is 53.1 Å². The number of pyridine rings is 1. The summed E-state index contributed by atoms with van der Waals surface area (Å²) < 4.78 is 2.52. The van der Waals surface area contributed by atoms with Crippen molar-refractivity contribution in [1.82, 2.24) is 19.7 Å². The molecule has 0 fully saturated rings. The number of carbonyl (C=O) groups is 2.